The Morgan fingerprint density at radius 2 is 1.87 bits per heavy atom. The zero-order chi connectivity index (χ0) is 21.5. The second-order valence-electron chi connectivity index (χ2n) is 7.25. The summed E-state index contributed by atoms with van der Waals surface area (Å²) < 4.78 is 7.95. The van der Waals surface area contributed by atoms with Crippen molar-refractivity contribution in [2.24, 2.45) is 0 Å². The van der Waals surface area contributed by atoms with Crippen molar-refractivity contribution in [3.05, 3.63) is 59.1 Å². The lowest BCUT2D eigenvalue weighted by molar-refractivity contribution is -0.136. The summed E-state index contributed by atoms with van der Waals surface area (Å²) in [6, 6.07) is 15.3. The first-order chi connectivity index (χ1) is 14.5. The molecule has 0 radical (unpaired) electrons. The Morgan fingerprint density at radius 3 is 2.53 bits per heavy atom. The highest BCUT2D eigenvalue weighted by Crippen LogP contribution is 2.34. The van der Waals surface area contributed by atoms with Gasteiger partial charge >= 0.3 is 5.97 Å². The Labute approximate surface area is 182 Å². The molecule has 158 valence electrons. The first-order valence-electron chi connectivity index (χ1n) is 10.3. The van der Waals surface area contributed by atoms with Gasteiger partial charge in [-0.1, -0.05) is 50.1 Å². The minimum Gasteiger partial charge on any atom is -0.493 e. The highest BCUT2D eigenvalue weighted by atomic mass is 35.5. The molecule has 30 heavy (non-hydrogen) atoms. The quantitative estimate of drug-likeness (QED) is 0.426. The number of hydrogen-bond donors (Lipinski definition) is 1. The van der Waals surface area contributed by atoms with E-state index in [-0.39, 0.29) is 6.42 Å². The van der Waals surface area contributed by atoms with Gasteiger partial charge in [0, 0.05) is 17.1 Å². The molecule has 0 unspecified atom stereocenters. The van der Waals surface area contributed by atoms with Crippen LogP contribution >= 0.6 is 11.6 Å². The van der Waals surface area contributed by atoms with Gasteiger partial charge in [0.25, 0.3) is 0 Å². The molecule has 2 aromatic carbocycles. The summed E-state index contributed by atoms with van der Waals surface area (Å²) in [5.41, 5.74) is 4.34. The fraction of sp³-hybridized carbons (Fsp3) is 0.333. The number of rotatable bonds is 10. The van der Waals surface area contributed by atoms with Crippen LogP contribution in [-0.4, -0.2) is 27.5 Å². The number of halogens is 1. The van der Waals surface area contributed by atoms with E-state index in [1.54, 1.807) is 6.07 Å². The molecule has 0 aliphatic rings. The highest BCUT2D eigenvalue weighted by Gasteiger charge is 2.16. The van der Waals surface area contributed by atoms with Crippen LogP contribution in [0.4, 0.5) is 0 Å². The van der Waals surface area contributed by atoms with Crippen molar-refractivity contribution in [3.8, 4) is 28.3 Å². The number of nitrogens with zero attached hydrogens (tertiary/aromatic N) is 2. The average Bonchev–Trinajstić information content (AvgIpc) is 3.15. The molecular weight excluding hydrogens is 400 g/mol. The molecule has 0 bridgehead atoms. The van der Waals surface area contributed by atoms with E-state index >= 15 is 0 Å². The molecule has 0 amide bonds. The van der Waals surface area contributed by atoms with E-state index in [1.807, 2.05) is 47.1 Å². The van der Waals surface area contributed by atoms with Crippen molar-refractivity contribution in [1.29, 1.82) is 0 Å². The van der Waals surface area contributed by atoms with Gasteiger partial charge in [-0.25, -0.2) is 0 Å². The fourth-order valence-corrected chi connectivity index (χ4v) is 3.41. The predicted molar refractivity (Wildman–Crippen MR) is 120 cm³/mol. The second kappa shape index (κ2) is 10.3. The number of aryl methyl sites for hydroxylation is 1. The van der Waals surface area contributed by atoms with Crippen LogP contribution in [-0.2, 0) is 17.8 Å². The lowest BCUT2D eigenvalue weighted by atomic mass is 10.0. The first kappa shape index (κ1) is 21.9. The Balaban J connectivity index is 2.08. The van der Waals surface area contributed by atoms with Gasteiger partial charge in [0.05, 0.1) is 24.4 Å². The number of carboxylic acid groups (broad SMARTS) is 1. The van der Waals surface area contributed by atoms with Gasteiger partial charge < -0.3 is 9.84 Å². The molecule has 0 aliphatic heterocycles. The molecule has 0 saturated heterocycles. The first-order valence-corrected chi connectivity index (χ1v) is 10.7. The summed E-state index contributed by atoms with van der Waals surface area (Å²) in [4.78, 5) is 11.2. The SMILES string of the molecule is CCCCn1nc(-c2cc(CC(=O)O)ccc2OCCC)cc1-c1ccc(Cl)cc1. The summed E-state index contributed by atoms with van der Waals surface area (Å²) in [7, 11) is 0. The van der Waals surface area contributed by atoms with Gasteiger partial charge in [-0.05, 0) is 54.3 Å². The van der Waals surface area contributed by atoms with Crippen molar-refractivity contribution in [1.82, 2.24) is 9.78 Å². The number of unbranched alkanes of at least 4 members (excludes halogenated alkanes) is 1. The molecule has 3 rings (SSSR count). The molecule has 0 aliphatic carbocycles. The number of ether oxygens (including phenoxy) is 1. The molecule has 0 spiro atoms. The predicted octanol–water partition coefficient (Wildman–Crippen LogP) is 6.09. The molecule has 1 N–H and O–H groups in total. The van der Waals surface area contributed by atoms with E-state index in [9.17, 15) is 9.90 Å². The van der Waals surface area contributed by atoms with Gasteiger partial charge in [0.1, 0.15) is 5.75 Å². The third-order valence-electron chi connectivity index (χ3n) is 4.78. The monoisotopic (exact) mass is 426 g/mol. The standard InChI is InChI=1S/C24H27ClN2O3/c1-3-5-12-27-22(18-7-9-19(25)10-8-18)16-21(26-27)20-14-17(15-24(28)29)6-11-23(20)30-13-4-2/h6-11,14,16H,3-5,12-13,15H2,1-2H3,(H,28,29). The topological polar surface area (TPSA) is 64.4 Å². The van der Waals surface area contributed by atoms with Crippen LogP contribution in [0.25, 0.3) is 22.5 Å². The number of carbonyl (C=O) groups is 1. The fourth-order valence-electron chi connectivity index (χ4n) is 3.28. The van der Waals surface area contributed by atoms with Crippen LogP contribution in [0.2, 0.25) is 5.02 Å². The highest BCUT2D eigenvalue weighted by molar-refractivity contribution is 6.30. The number of aliphatic carboxylic acids is 1. The molecule has 1 heterocycles. The van der Waals surface area contributed by atoms with Crippen molar-refractivity contribution in [2.75, 3.05) is 6.61 Å². The maximum atomic E-state index is 11.2. The number of benzene rings is 2. The minimum absolute atomic E-state index is 0.0400. The average molecular weight is 427 g/mol. The molecule has 0 fully saturated rings. The number of hydrogen-bond acceptors (Lipinski definition) is 3. The summed E-state index contributed by atoms with van der Waals surface area (Å²) in [6.07, 6.45) is 2.92. The maximum absolute atomic E-state index is 11.2. The zero-order valence-electron chi connectivity index (χ0n) is 17.4. The van der Waals surface area contributed by atoms with Crippen LogP contribution in [0.3, 0.4) is 0 Å². The Bertz CT molecular complexity index is 996. The zero-order valence-corrected chi connectivity index (χ0v) is 18.2. The van der Waals surface area contributed by atoms with Crippen molar-refractivity contribution < 1.29 is 14.6 Å². The summed E-state index contributed by atoms with van der Waals surface area (Å²) in [5, 5.41) is 14.7. The third-order valence-corrected chi connectivity index (χ3v) is 5.03. The van der Waals surface area contributed by atoms with E-state index < -0.39 is 5.97 Å². The van der Waals surface area contributed by atoms with Gasteiger partial charge in [0.2, 0.25) is 0 Å². The molecule has 5 nitrogen and oxygen atoms in total. The second-order valence-corrected chi connectivity index (χ2v) is 7.68. The molecule has 0 atom stereocenters. The van der Waals surface area contributed by atoms with Crippen molar-refractivity contribution in [3.63, 3.8) is 0 Å². The van der Waals surface area contributed by atoms with E-state index in [1.165, 1.54) is 0 Å². The van der Waals surface area contributed by atoms with Crippen molar-refractivity contribution in [2.45, 2.75) is 46.1 Å². The van der Waals surface area contributed by atoms with Gasteiger partial charge in [-0.15, -0.1) is 0 Å². The van der Waals surface area contributed by atoms with Gasteiger partial charge in [-0.2, -0.15) is 5.10 Å². The summed E-state index contributed by atoms with van der Waals surface area (Å²) in [6.45, 7) is 5.59. The smallest absolute Gasteiger partial charge is 0.307 e. The molecule has 1 aromatic heterocycles. The van der Waals surface area contributed by atoms with Gasteiger partial charge in [-0.3, -0.25) is 9.48 Å². The van der Waals surface area contributed by atoms with Crippen LogP contribution in [0.15, 0.2) is 48.5 Å². The molecule has 3 aromatic rings. The minimum atomic E-state index is -0.862. The summed E-state index contributed by atoms with van der Waals surface area (Å²) in [5.74, 6) is -0.146. The molecular formula is C24H27ClN2O3. The number of carboxylic acids is 1. The van der Waals surface area contributed by atoms with Crippen LogP contribution in [0, 0.1) is 0 Å². The van der Waals surface area contributed by atoms with E-state index in [2.05, 4.69) is 13.8 Å². The number of aromatic nitrogens is 2. The van der Waals surface area contributed by atoms with Crippen LogP contribution in [0.1, 0.15) is 38.7 Å². The van der Waals surface area contributed by atoms with Crippen molar-refractivity contribution >= 4 is 17.6 Å². The lowest BCUT2D eigenvalue weighted by Crippen LogP contribution is -2.04. The molecule has 0 saturated carbocycles. The third kappa shape index (κ3) is 5.42. The van der Waals surface area contributed by atoms with Crippen LogP contribution in [0.5, 0.6) is 5.75 Å². The van der Waals surface area contributed by atoms with E-state index in [4.69, 9.17) is 21.4 Å². The Kier molecular flexibility index (Phi) is 7.52. The maximum Gasteiger partial charge on any atom is 0.307 e. The molecule has 6 heteroatoms. The van der Waals surface area contributed by atoms with Crippen LogP contribution < -0.4 is 4.74 Å². The van der Waals surface area contributed by atoms with Gasteiger partial charge in [0.15, 0.2) is 0 Å². The van der Waals surface area contributed by atoms with E-state index in [0.717, 1.165) is 53.9 Å². The van der Waals surface area contributed by atoms with E-state index in [0.29, 0.717) is 17.4 Å². The summed E-state index contributed by atoms with van der Waals surface area (Å²) >= 11 is 6.06. The Hall–Kier alpha value is -2.79. The normalized spacial score (nSPS) is 10.9. The Morgan fingerprint density at radius 1 is 1.10 bits per heavy atom. The lowest BCUT2D eigenvalue weighted by Gasteiger charge is -2.11. The largest absolute Gasteiger partial charge is 0.493 e.